The molecule has 0 atom stereocenters. The summed E-state index contributed by atoms with van der Waals surface area (Å²) in [5.41, 5.74) is 1.95. The summed E-state index contributed by atoms with van der Waals surface area (Å²) in [7, 11) is 0. The maximum absolute atomic E-state index is 10.8. The predicted molar refractivity (Wildman–Crippen MR) is 69.8 cm³/mol. The average molecular weight is 258 g/mol. The second-order valence-corrected chi connectivity index (χ2v) is 4.56. The molecule has 1 saturated heterocycles. The number of hydrogen-bond donors (Lipinski definition) is 1. The van der Waals surface area contributed by atoms with Crippen molar-refractivity contribution in [1.29, 1.82) is 0 Å². The van der Waals surface area contributed by atoms with E-state index in [1.54, 1.807) is 0 Å². The van der Waals surface area contributed by atoms with Gasteiger partial charge in [0.2, 0.25) is 0 Å². The van der Waals surface area contributed by atoms with Crippen LogP contribution in [0.5, 0.6) is 0 Å². The van der Waals surface area contributed by atoms with Crippen LogP contribution in [0.15, 0.2) is 30.5 Å². The molecule has 0 saturated carbocycles. The van der Waals surface area contributed by atoms with Crippen LogP contribution in [0.2, 0.25) is 0 Å². The van der Waals surface area contributed by atoms with Crippen LogP contribution in [-0.4, -0.2) is 39.2 Å². The fourth-order valence-corrected chi connectivity index (χ4v) is 2.28. The Morgan fingerprint density at radius 2 is 1.74 bits per heavy atom. The lowest BCUT2D eigenvalue weighted by Crippen LogP contribution is -2.17. The van der Waals surface area contributed by atoms with Gasteiger partial charge in [-0.1, -0.05) is 5.21 Å². The Bertz CT molecular complexity index is 585. The van der Waals surface area contributed by atoms with Crippen LogP contribution in [0, 0.1) is 0 Å². The average Bonchev–Trinajstić information content (AvgIpc) is 3.11. The molecule has 0 spiro atoms. The number of carbonyl (C=O) groups is 1. The summed E-state index contributed by atoms with van der Waals surface area (Å²) in [6.07, 6.45) is 3.90. The lowest BCUT2D eigenvalue weighted by Gasteiger charge is -2.17. The summed E-state index contributed by atoms with van der Waals surface area (Å²) in [6, 6.07) is 7.91. The highest BCUT2D eigenvalue weighted by atomic mass is 16.4. The van der Waals surface area contributed by atoms with Crippen LogP contribution in [0.3, 0.4) is 0 Å². The Balaban J connectivity index is 1.82. The van der Waals surface area contributed by atoms with E-state index < -0.39 is 5.97 Å². The van der Waals surface area contributed by atoms with Gasteiger partial charge in [0.25, 0.3) is 0 Å². The van der Waals surface area contributed by atoms with E-state index in [1.807, 2.05) is 24.3 Å². The van der Waals surface area contributed by atoms with Gasteiger partial charge in [-0.25, -0.2) is 9.48 Å². The number of rotatable bonds is 3. The molecule has 0 aliphatic carbocycles. The summed E-state index contributed by atoms with van der Waals surface area (Å²) in [4.78, 5) is 13.1. The van der Waals surface area contributed by atoms with E-state index in [4.69, 9.17) is 5.11 Å². The number of hydrogen-bond acceptors (Lipinski definition) is 4. The topological polar surface area (TPSA) is 71.2 Å². The second kappa shape index (κ2) is 4.72. The molecule has 1 N–H and O–H groups in total. The molecule has 6 nitrogen and oxygen atoms in total. The summed E-state index contributed by atoms with van der Waals surface area (Å²) >= 11 is 0. The van der Waals surface area contributed by atoms with Gasteiger partial charge in [-0.3, -0.25) is 0 Å². The standard InChI is InChI=1S/C13H14N4O2/c18-13(19)12-9-17(15-14-12)11-5-3-10(4-6-11)16-7-1-2-8-16/h3-6,9H,1-2,7-8H2,(H,18,19). The number of carboxylic acid groups (broad SMARTS) is 1. The second-order valence-electron chi connectivity index (χ2n) is 4.56. The highest BCUT2D eigenvalue weighted by molar-refractivity contribution is 5.84. The van der Waals surface area contributed by atoms with Crippen LogP contribution in [0.1, 0.15) is 23.3 Å². The minimum atomic E-state index is -1.07. The molecule has 1 aromatic heterocycles. The fraction of sp³-hybridized carbons (Fsp3) is 0.308. The van der Waals surface area contributed by atoms with Gasteiger partial charge >= 0.3 is 5.97 Å². The molecule has 0 unspecified atom stereocenters. The fourth-order valence-electron chi connectivity index (χ4n) is 2.28. The van der Waals surface area contributed by atoms with E-state index in [0.717, 1.165) is 18.8 Å². The Labute approximate surface area is 110 Å². The van der Waals surface area contributed by atoms with Gasteiger partial charge in [-0.05, 0) is 37.1 Å². The zero-order valence-electron chi connectivity index (χ0n) is 10.4. The third-order valence-corrected chi connectivity index (χ3v) is 3.30. The zero-order chi connectivity index (χ0) is 13.2. The monoisotopic (exact) mass is 258 g/mol. The Kier molecular flexibility index (Phi) is 2.91. The van der Waals surface area contributed by atoms with Crippen LogP contribution in [0.4, 0.5) is 5.69 Å². The van der Waals surface area contributed by atoms with E-state index >= 15 is 0 Å². The summed E-state index contributed by atoms with van der Waals surface area (Å²) in [6.45, 7) is 2.21. The van der Waals surface area contributed by atoms with Gasteiger partial charge in [-0.2, -0.15) is 0 Å². The van der Waals surface area contributed by atoms with Crippen molar-refractivity contribution < 1.29 is 9.90 Å². The molecule has 1 aliphatic rings. The van der Waals surface area contributed by atoms with Crippen molar-refractivity contribution in [3.63, 3.8) is 0 Å². The molecule has 1 aliphatic heterocycles. The van der Waals surface area contributed by atoms with Crippen LogP contribution >= 0.6 is 0 Å². The minimum Gasteiger partial charge on any atom is -0.476 e. The van der Waals surface area contributed by atoms with E-state index in [1.165, 1.54) is 29.4 Å². The number of benzene rings is 1. The van der Waals surface area contributed by atoms with Crippen molar-refractivity contribution in [2.24, 2.45) is 0 Å². The van der Waals surface area contributed by atoms with Crippen LogP contribution in [-0.2, 0) is 0 Å². The normalized spacial score (nSPS) is 14.8. The van der Waals surface area contributed by atoms with Gasteiger partial charge in [0.1, 0.15) is 0 Å². The lowest BCUT2D eigenvalue weighted by atomic mass is 10.2. The first-order valence-electron chi connectivity index (χ1n) is 6.25. The third kappa shape index (κ3) is 2.29. The van der Waals surface area contributed by atoms with Gasteiger partial charge < -0.3 is 10.0 Å². The summed E-state index contributed by atoms with van der Waals surface area (Å²) in [5.74, 6) is -1.07. The smallest absolute Gasteiger partial charge is 0.358 e. The van der Waals surface area contributed by atoms with Gasteiger partial charge in [0.05, 0.1) is 11.9 Å². The van der Waals surface area contributed by atoms with Crippen molar-refractivity contribution >= 4 is 11.7 Å². The van der Waals surface area contributed by atoms with E-state index in [2.05, 4.69) is 15.2 Å². The molecule has 2 aromatic rings. The Morgan fingerprint density at radius 1 is 1.11 bits per heavy atom. The number of anilines is 1. The molecule has 1 fully saturated rings. The van der Waals surface area contributed by atoms with Crippen molar-refractivity contribution in [2.45, 2.75) is 12.8 Å². The lowest BCUT2D eigenvalue weighted by molar-refractivity contribution is 0.0690. The molecule has 1 aromatic carbocycles. The molecular formula is C13H14N4O2. The van der Waals surface area contributed by atoms with Gasteiger partial charge in [0.15, 0.2) is 5.69 Å². The molecular weight excluding hydrogens is 244 g/mol. The first-order valence-corrected chi connectivity index (χ1v) is 6.25. The van der Waals surface area contributed by atoms with Crippen molar-refractivity contribution in [3.05, 3.63) is 36.2 Å². The first-order chi connectivity index (χ1) is 9.24. The zero-order valence-corrected chi connectivity index (χ0v) is 10.4. The largest absolute Gasteiger partial charge is 0.476 e. The highest BCUT2D eigenvalue weighted by Crippen LogP contribution is 2.21. The van der Waals surface area contributed by atoms with E-state index in [-0.39, 0.29) is 5.69 Å². The molecule has 3 rings (SSSR count). The van der Waals surface area contributed by atoms with Crippen LogP contribution < -0.4 is 4.90 Å². The highest BCUT2D eigenvalue weighted by Gasteiger charge is 2.13. The Hall–Kier alpha value is -2.37. The SMILES string of the molecule is O=C(O)c1cn(-c2ccc(N3CCCC3)cc2)nn1. The summed E-state index contributed by atoms with van der Waals surface area (Å²) < 4.78 is 1.47. The van der Waals surface area contributed by atoms with Crippen molar-refractivity contribution in [3.8, 4) is 5.69 Å². The van der Waals surface area contributed by atoms with Gasteiger partial charge in [0, 0.05) is 18.8 Å². The van der Waals surface area contributed by atoms with E-state index in [0.29, 0.717) is 0 Å². The molecule has 0 radical (unpaired) electrons. The Morgan fingerprint density at radius 3 is 2.32 bits per heavy atom. The maximum atomic E-state index is 10.8. The molecule has 0 amide bonds. The first kappa shape index (κ1) is 11.7. The van der Waals surface area contributed by atoms with Crippen LogP contribution in [0.25, 0.3) is 5.69 Å². The molecule has 98 valence electrons. The van der Waals surface area contributed by atoms with E-state index in [9.17, 15) is 4.79 Å². The molecule has 19 heavy (non-hydrogen) atoms. The van der Waals surface area contributed by atoms with Crippen molar-refractivity contribution in [1.82, 2.24) is 15.0 Å². The minimum absolute atomic E-state index is 0.0522. The summed E-state index contributed by atoms with van der Waals surface area (Å²) in [5, 5.41) is 16.2. The number of aromatic nitrogens is 3. The van der Waals surface area contributed by atoms with Gasteiger partial charge in [-0.15, -0.1) is 5.10 Å². The van der Waals surface area contributed by atoms with Crippen molar-refractivity contribution in [2.75, 3.05) is 18.0 Å². The molecule has 0 bridgehead atoms. The number of nitrogens with zero attached hydrogens (tertiary/aromatic N) is 4. The third-order valence-electron chi connectivity index (χ3n) is 3.30. The number of carboxylic acids is 1. The predicted octanol–water partition coefficient (Wildman–Crippen LogP) is 1.57. The molecule has 6 heteroatoms. The molecule has 2 heterocycles. The number of aromatic carboxylic acids is 1. The maximum Gasteiger partial charge on any atom is 0.358 e. The quantitative estimate of drug-likeness (QED) is 0.904.